The summed E-state index contributed by atoms with van der Waals surface area (Å²) < 4.78 is 0. The van der Waals surface area contributed by atoms with Crippen molar-refractivity contribution >= 4 is 134 Å². The number of aliphatic hydroxyl groups excluding tert-OH is 2. The monoisotopic (exact) mass is 1820 g/mol. The molecular formula is C89H120N20O20S. The molecule has 702 valence electrons. The van der Waals surface area contributed by atoms with E-state index in [0.29, 0.717) is 76.3 Å². The maximum Gasteiger partial charge on any atom is 0.245 e. The summed E-state index contributed by atoms with van der Waals surface area (Å²) in [7, 11) is 4.01. The first kappa shape index (κ1) is 99.4. The molecule has 7 heterocycles. The molecule has 4 aliphatic rings. The van der Waals surface area contributed by atoms with E-state index in [1.54, 1.807) is 60.9 Å². The van der Waals surface area contributed by atoms with E-state index in [0.717, 1.165) is 21.6 Å². The van der Waals surface area contributed by atoms with Gasteiger partial charge in [0.15, 0.2) is 5.78 Å². The average Bonchev–Trinajstić information content (AvgIpc) is 1.58. The number of aromatic amines is 3. The molecule has 4 saturated heterocycles. The van der Waals surface area contributed by atoms with Crippen LogP contribution in [0.15, 0.2) is 97.7 Å². The number of phenols is 1. The lowest BCUT2D eigenvalue weighted by molar-refractivity contribution is -0.149. The molecule has 130 heavy (non-hydrogen) atoms. The van der Waals surface area contributed by atoms with Crippen molar-refractivity contribution < 1.29 is 96.8 Å². The number of rotatable bonds is 19. The third kappa shape index (κ3) is 26.3. The number of benzene rings is 3. The van der Waals surface area contributed by atoms with E-state index in [-0.39, 0.29) is 88.8 Å². The van der Waals surface area contributed by atoms with Gasteiger partial charge in [-0.1, -0.05) is 94.5 Å². The molecule has 10 rings (SSSR count). The van der Waals surface area contributed by atoms with E-state index < -0.39 is 236 Å². The van der Waals surface area contributed by atoms with Crippen molar-refractivity contribution in [3.63, 3.8) is 0 Å². The Hall–Kier alpha value is -12.8. The highest BCUT2D eigenvalue weighted by Crippen LogP contribution is 2.30. The number of para-hydroxylation sites is 2. The van der Waals surface area contributed by atoms with Crippen molar-refractivity contribution in [2.75, 3.05) is 65.4 Å². The van der Waals surface area contributed by atoms with Gasteiger partial charge in [0.1, 0.15) is 78.3 Å². The summed E-state index contributed by atoms with van der Waals surface area (Å²) in [5, 5.41) is 60.9. The molecule has 4 aliphatic heterocycles. The predicted molar refractivity (Wildman–Crippen MR) is 476 cm³/mol. The number of hydrogen-bond donors (Lipinski definition) is 17. The lowest BCUT2D eigenvalue weighted by atomic mass is 9.90. The molecule has 41 heteroatoms. The summed E-state index contributed by atoms with van der Waals surface area (Å²) in [5.41, 5.74) is 8.52. The van der Waals surface area contributed by atoms with Crippen LogP contribution in [0.1, 0.15) is 140 Å². The molecular weight excluding hydrogens is 1700 g/mol. The molecule has 0 saturated carbocycles. The zero-order chi connectivity index (χ0) is 94.2. The van der Waals surface area contributed by atoms with Crippen LogP contribution in [0.3, 0.4) is 0 Å². The summed E-state index contributed by atoms with van der Waals surface area (Å²) in [5.74, 6) is -17.2. The molecule has 2 bridgehead atoms. The number of carbonyl (C=O) groups excluding carboxylic acids is 17. The van der Waals surface area contributed by atoms with Crippen LogP contribution in [0.4, 0.5) is 0 Å². The number of ketones is 1. The number of nitrogens with one attached hydrogen (secondary N) is 13. The highest BCUT2D eigenvalue weighted by atomic mass is 32.2. The minimum absolute atomic E-state index is 0.0286. The fourth-order valence-corrected chi connectivity index (χ4v) is 17.6. The first-order valence-corrected chi connectivity index (χ1v) is 45.2. The topological polar surface area (TPSA) is 574 Å². The van der Waals surface area contributed by atoms with Gasteiger partial charge in [-0.2, -0.15) is 0 Å². The smallest absolute Gasteiger partial charge is 0.245 e. The van der Waals surface area contributed by atoms with Crippen molar-refractivity contribution in [3.05, 3.63) is 120 Å². The number of aliphatic hydroxyl groups is 2. The van der Waals surface area contributed by atoms with Gasteiger partial charge in [-0.25, -0.2) is 4.98 Å². The van der Waals surface area contributed by atoms with Gasteiger partial charge in [0.05, 0.1) is 37.4 Å². The number of imidazole rings is 1. The van der Waals surface area contributed by atoms with E-state index in [4.69, 9.17) is 5.73 Å². The molecule has 3 aromatic carbocycles. The summed E-state index contributed by atoms with van der Waals surface area (Å²) in [6, 6.07) is 0.348. The Balaban J connectivity index is 1.02. The normalized spacial score (nSPS) is 26.0. The maximum atomic E-state index is 15.7. The van der Waals surface area contributed by atoms with E-state index >= 15 is 38.4 Å². The number of carbonyl (C=O) groups is 17. The lowest BCUT2D eigenvalue weighted by Gasteiger charge is -2.36. The second-order valence-corrected chi connectivity index (χ2v) is 34.7. The minimum Gasteiger partial charge on any atom is -0.508 e. The Morgan fingerprint density at radius 2 is 1.18 bits per heavy atom. The first-order chi connectivity index (χ1) is 62.2. The molecule has 0 unspecified atom stereocenters. The zero-order valence-electron chi connectivity index (χ0n) is 74.0. The van der Waals surface area contributed by atoms with Crippen LogP contribution >= 0.6 is 11.8 Å². The lowest BCUT2D eigenvalue weighted by Crippen LogP contribution is -2.60. The van der Waals surface area contributed by atoms with Gasteiger partial charge in [-0.3, -0.25) is 81.5 Å². The van der Waals surface area contributed by atoms with Gasteiger partial charge < -0.3 is 114 Å². The number of aromatic nitrogens is 4. The summed E-state index contributed by atoms with van der Waals surface area (Å²) in [6.07, 6.45) is 4.15. The fraction of sp³-hybridized carbons (Fsp3) is 0.528. The average molecular weight is 1820 g/mol. The summed E-state index contributed by atoms with van der Waals surface area (Å²) in [6.45, 7) is 3.81. The van der Waals surface area contributed by atoms with Gasteiger partial charge in [-0.15, -0.1) is 11.8 Å². The highest BCUT2D eigenvalue weighted by Gasteiger charge is 2.47. The van der Waals surface area contributed by atoms with E-state index in [2.05, 4.69) is 73.1 Å². The zero-order valence-corrected chi connectivity index (χ0v) is 74.8. The van der Waals surface area contributed by atoms with Gasteiger partial charge in [0.2, 0.25) is 94.5 Å². The van der Waals surface area contributed by atoms with E-state index in [1.165, 1.54) is 86.5 Å². The summed E-state index contributed by atoms with van der Waals surface area (Å²) in [4.78, 5) is 270. The first-order valence-electron chi connectivity index (χ1n) is 44.1. The van der Waals surface area contributed by atoms with Crippen molar-refractivity contribution in [1.82, 2.24) is 97.6 Å². The third-order valence-electron chi connectivity index (χ3n) is 24.3. The molecule has 15 atom stereocenters. The number of nitrogens with zero attached hydrogens (tertiary/aromatic N) is 6. The Bertz CT molecular complexity index is 5070. The summed E-state index contributed by atoms with van der Waals surface area (Å²) >= 11 is 0.800. The predicted octanol–water partition coefficient (Wildman–Crippen LogP) is -1.31. The molecule has 18 N–H and O–H groups in total. The van der Waals surface area contributed by atoms with Gasteiger partial charge in [0.25, 0.3) is 0 Å². The third-order valence-corrected chi connectivity index (χ3v) is 25.3. The molecule has 6 aromatic rings. The van der Waals surface area contributed by atoms with Crippen molar-refractivity contribution in [1.29, 1.82) is 0 Å². The van der Waals surface area contributed by atoms with E-state index in [1.807, 2.05) is 13.8 Å². The Labute approximate surface area is 755 Å². The van der Waals surface area contributed by atoms with Crippen LogP contribution < -0.4 is 58.9 Å². The molecule has 16 amide bonds. The molecule has 0 radical (unpaired) electrons. The second-order valence-electron chi connectivity index (χ2n) is 33.7. The molecule has 3 aromatic heterocycles. The maximum absolute atomic E-state index is 15.7. The number of fused-ring (bicyclic) bond motifs is 11. The highest BCUT2D eigenvalue weighted by molar-refractivity contribution is 8.00. The van der Waals surface area contributed by atoms with Crippen LogP contribution in [-0.4, -0.2) is 310 Å². The molecule has 40 nitrogen and oxygen atoms in total. The number of aromatic hydroxyl groups is 1. The largest absolute Gasteiger partial charge is 0.508 e. The number of likely N-dealkylation sites (N-methyl/N-ethyl adjacent to an activating group) is 3. The van der Waals surface area contributed by atoms with Crippen LogP contribution in [0.2, 0.25) is 0 Å². The van der Waals surface area contributed by atoms with Crippen molar-refractivity contribution in [3.8, 4) is 5.75 Å². The SMILES string of the molecule is CCCCC[C@H]1C(=O)N(C)[C@@H](CCCC)C(=O)N[C@@H](C)C(=O)N[C@H](C(=O)NCC(N)=O)CSCC(=O)N[C@@H](Cc2ccc(O)cc2)C(=O)N(C)[C@@H](C)C(=O)N[C@H]2CCNC(=O)CC[C@H](NC(=O)[C@H](Cc3cnc[nH]3)NC(=O)[C@@H]3CCCN3C2=O)C(=O)N2C[C@H](O)C[C@H]2C(=O)C[C@@H](Cc2c[nH]c3ccccc23)C(=O)N[C@@H](CO)C(=O)N[C@@H](Cc2c[nH]c3ccccc23)C(=O)N1C. The number of phenolic OH excluding ortho intramolecular Hbond substituents is 1. The molecule has 4 fully saturated rings. The van der Waals surface area contributed by atoms with Gasteiger partial charge in [-0.05, 0) is 99.7 Å². The number of Topliss-reactive ketones (excluding diaryl/α,β-unsaturated/α-hetero) is 1. The van der Waals surface area contributed by atoms with Crippen LogP contribution in [0.5, 0.6) is 5.75 Å². The van der Waals surface area contributed by atoms with Crippen LogP contribution in [0, 0.1) is 5.92 Å². The number of nitrogens with two attached hydrogens (primary N) is 1. The number of hydrogen-bond acceptors (Lipinski definition) is 22. The van der Waals surface area contributed by atoms with Crippen molar-refractivity contribution in [2.45, 2.75) is 228 Å². The van der Waals surface area contributed by atoms with Gasteiger partial charge >= 0.3 is 0 Å². The van der Waals surface area contributed by atoms with E-state index in [9.17, 15) is 58.5 Å². The quantitative estimate of drug-likeness (QED) is 0.0419. The number of unbranched alkanes of at least 4 members (excludes halogenated alkanes) is 3. The Kier molecular flexibility index (Phi) is 35.9. The number of primary amides is 1. The number of H-pyrrole nitrogens is 3. The molecule has 0 aliphatic carbocycles. The standard InChI is InChI=1S/C89H120N20O20S/c1-8-10-12-23-71-89(129)106(6)69(22-11-9-2)83(123)97-49(3)77(117)104-68(80(120)95-43-74(90)114)46-130-47-76(116)98-65(34-51-25-27-56(111)28-26-51)85(125)105(5)50(4)78(118)99-63-31-32-92-75(115)30-29-62(100-81(121)64(38-55-42-91-48-96-55)101-84(124)70-24-17-33-108(70)87(63)127)88(128)109-44-57(112)39-72(109)73(113)37-52(35-53-40-93-60-20-15-13-18-58(53)60)79(119)103-67(45-110)82(122)102-66(86(126)107(71)7)36-54-41-94-61-21-16-14-19-59(54)61/h13-16,18-21,25-28,40-42,48-50,52,57,62-72,93-94,110-112H,8-12,17,22-24,29-39,43-47H2,1-7H3,(H2,90,114)(H,91,96)(H,92,115)(H,95,120)(H,97,123)(H,98,116)(H,99,118)(H,100,121)(H,101,124)(H,102,122)(H,103,119)(H,104,117)/t49-,50-,52+,57+,62-,63-,64-,65-,66-,67-,68-,69-,70-,71-,72-/m0/s1. The van der Waals surface area contributed by atoms with Crippen LogP contribution in [-0.2, 0) is 107 Å². The fourth-order valence-electron chi connectivity index (χ4n) is 16.7. The second kappa shape index (κ2) is 47.0. The van der Waals surface area contributed by atoms with Crippen molar-refractivity contribution in [2.24, 2.45) is 11.7 Å². The number of thioether (sulfide) groups is 1. The Morgan fingerprint density at radius 1 is 0.569 bits per heavy atom. The van der Waals surface area contributed by atoms with Crippen LogP contribution in [0.25, 0.3) is 21.8 Å². The number of amides is 16. The van der Waals surface area contributed by atoms with Gasteiger partial charge in [0, 0.05) is 137 Å². The minimum atomic E-state index is -1.85. The molecule has 0 spiro atoms. The Morgan fingerprint density at radius 3 is 1.84 bits per heavy atom.